The van der Waals surface area contributed by atoms with E-state index in [-0.39, 0.29) is 12.2 Å². The Morgan fingerprint density at radius 3 is 2.84 bits per heavy atom. The summed E-state index contributed by atoms with van der Waals surface area (Å²) >= 11 is 0. The van der Waals surface area contributed by atoms with Crippen molar-refractivity contribution < 1.29 is 9.79 Å². The molecule has 0 unspecified atom stereocenters. The zero-order chi connectivity index (χ0) is 13.8. The van der Waals surface area contributed by atoms with E-state index in [9.17, 15) is 9.90 Å². The van der Waals surface area contributed by atoms with Crippen LogP contribution in [0, 0.1) is 11.3 Å². The lowest BCUT2D eigenvalue weighted by molar-refractivity contribution is -0.747. The summed E-state index contributed by atoms with van der Waals surface area (Å²) in [7, 11) is 1.47. The lowest BCUT2D eigenvalue weighted by Gasteiger charge is -2.05. The van der Waals surface area contributed by atoms with Gasteiger partial charge < -0.3 is 5.11 Å². The standard InChI is InChI=1S/C12H11N5O2/c1-16-12(19)10(17(15-16)8-7-13)11(18)14-9-5-3-2-4-6-9/h2-6H,8H2,1H3,(H-,14,15,18,19). The van der Waals surface area contributed by atoms with Crippen LogP contribution in [-0.4, -0.2) is 15.8 Å². The van der Waals surface area contributed by atoms with Crippen molar-refractivity contribution in [3.8, 4) is 6.07 Å². The number of nitrogens with one attached hydrogen (secondary N) is 1. The minimum absolute atomic E-state index is 0.124. The number of hydrogen-bond acceptors (Lipinski definition) is 4. The van der Waals surface area contributed by atoms with Crippen LogP contribution in [0.25, 0.3) is 0 Å². The molecule has 0 aliphatic rings. The Bertz CT molecular complexity index is 706. The largest absolute Gasteiger partial charge is 0.855 e. The lowest BCUT2D eigenvalue weighted by atomic mass is 10.3. The van der Waals surface area contributed by atoms with Crippen molar-refractivity contribution in [3.05, 3.63) is 46.4 Å². The molecule has 0 saturated heterocycles. The van der Waals surface area contributed by atoms with Gasteiger partial charge in [-0.05, 0) is 12.1 Å². The number of aryl methyl sites for hydroxylation is 1. The van der Waals surface area contributed by atoms with E-state index in [1.54, 1.807) is 30.3 Å². The average molecular weight is 257 g/mol. The number of aromatic amines is 1. The Morgan fingerprint density at radius 2 is 2.21 bits per heavy atom. The van der Waals surface area contributed by atoms with E-state index in [4.69, 9.17) is 5.26 Å². The summed E-state index contributed by atoms with van der Waals surface area (Å²) < 4.78 is 2.31. The monoisotopic (exact) mass is 257 g/mol. The van der Waals surface area contributed by atoms with Crippen LogP contribution in [0.1, 0.15) is 5.69 Å². The number of nitrogens with zero attached hydrogens (tertiary/aromatic N) is 4. The molecule has 0 bridgehead atoms. The first-order valence-corrected chi connectivity index (χ1v) is 5.50. The first kappa shape index (κ1) is 12.6. The number of H-pyrrole nitrogens is 1. The van der Waals surface area contributed by atoms with E-state index in [2.05, 4.69) is 10.2 Å². The third-order valence-corrected chi connectivity index (χ3v) is 2.47. The topological polar surface area (TPSA) is 101 Å². The van der Waals surface area contributed by atoms with Gasteiger partial charge >= 0.3 is 5.56 Å². The van der Waals surface area contributed by atoms with Crippen LogP contribution < -0.4 is 15.3 Å². The molecule has 0 saturated carbocycles. The minimum Gasteiger partial charge on any atom is -0.855 e. The second-order valence-electron chi connectivity index (χ2n) is 3.81. The molecule has 0 aliphatic heterocycles. The maximum atomic E-state index is 12.0. The van der Waals surface area contributed by atoms with E-state index < -0.39 is 11.5 Å². The summed E-state index contributed by atoms with van der Waals surface area (Å²) in [5.74, 6) is -0.678. The summed E-state index contributed by atoms with van der Waals surface area (Å²) in [6, 6.07) is 10.5. The van der Waals surface area contributed by atoms with Crippen molar-refractivity contribution in [1.29, 1.82) is 5.26 Å². The molecular weight excluding hydrogens is 246 g/mol. The molecule has 0 aliphatic carbocycles. The van der Waals surface area contributed by atoms with E-state index in [1.807, 2.05) is 6.07 Å². The maximum Gasteiger partial charge on any atom is 0.401 e. The van der Waals surface area contributed by atoms with Crippen LogP contribution in [0.5, 0.6) is 0 Å². The second-order valence-corrected chi connectivity index (χ2v) is 3.81. The van der Waals surface area contributed by atoms with Crippen molar-refractivity contribution in [1.82, 2.24) is 9.90 Å². The molecule has 1 aromatic heterocycles. The summed E-state index contributed by atoms with van der Waals surface area (Å²) in [5.41, 5.74) is -0.216. The molecule has 1 aromatic carbocycles. The number of para-hydroxylation sites is 1. The van der Waals surface area contributed by atoms with Crippen LogP contribution in [0.4, 0.5) is 5.69 Å². The first-order chi connectivity index (χ1) is 9.13. The molecule has 2 rings (SSSR count). The van der Waals surface area contributed by atoms with Gasteiger partial charge in [-0.25, -0.2) is 4.79 Å². The summed E-state index contributed by atoms with van der Waals surface area (Å²) in [6.45, 7) is -0.124. The van der Waals surface area contributed by atoms with Gasteiger partial charge in [-0.2, -0.15) is 5.26 Å². The smallest absolute Gasteiger partial charge is 0.401 e. The van der Waals surface area contributed by atoms with Crippen molar-refractivity contribution in [3.63, 3.8) is 0 Å². The molecule has 0 radical (unpaired) electrons. The van der Waals surface area contributed by atoms with E-state index in [0.29, 0.717) is 5.69 Å². The van der Waals surface area contributed by atoms with Crippen LogP contribution in [0.15, 0.2) is 40.1 Å². The first-order valence-electron chi connectivity index (χ1n) is 5.50. The summed E-state index contributed by atoms with van der Waals surface area (Å²) in [6.07, 6.45) is 0. The molecule has 7 nitrogen and oxygen atoms in total. The fourth-order valence-electron chi connectivity index (χ4n) is 1.62. The highest BCUT2D eigenvalue weighted by atomic mass is 16.3. The highest BCUT2D eigenvalue weighted by molar-refractivity contribution is 5.88. The number of hydrogen-bond donors (Lipinski definition) is 1. The predicted molar refractivity (Wildman–Crippen MR) is 64.5 cm³/mol. The zero-order valence-electron chi connectivity index (χ0n) is 10.2. The Morgan fingerprint density at radius 1 is 1.53 bits per heavy atom. The van der Waals surface area contributed by atoms with E-state index in [1.165, 1.54) is 11.7 Å². The average Bonchev–Trinajstić information content (AvgIpc) is 2.66. The van der Waals surface area contributed by atoms with E-state index >= 15 is 0 Å². The highest BCUT2D eigenvalue weighted by Crippen LogP contribution is 2.09. The molecule has 96 valence electrons. The fraction of sp³-hybridized carbons (Fsp3) is 0.167. The highest BCUT2D eigenvalue weighted by Gasteiger charge is 2.19. The van der Waals surface area contributed by atoms with Gasteiger partial charge in [0.25, 0.3) is 0 Å². The van der Waals surface area contributed by atoms with Gasteiger partial charge in [-0.3, -0.25) is 4.99 Å². The van der Waals surface area contributed by atoms with Gasteiger partial charge in [0.05, 0.1) is 5.69 Å². The quantitative estimate of drug-likeness (QED) is 0.432. The van der Waals surface area contributed by atoms with Gasteiger partial charge in [-0.1, -0.05) is 23.4 Å². The maximum absolute atomic E-state index is 12.0. The molecule has 1 N–H and O–H groups in total. The van der Waals surface area contributed by atoms with Crippen LogP contribution >= 0.6 is 0 Å². The Labute approximate surface area is 108 Å². The van der Waals surface area contributed by atoms with Crippen molar-refractivity contribution in [2.45, 2.75) is 6.54 Å². The number of rotatable bonds is 3. The van der Waals surface area contributed by atoms with Gasteiger partial charge in [0, 0.05) is 5.90 Å². The zero-order valence-corrected chi connectivity index (χ0v) is 10.2. The number of benzene rings is 1. The lowest BCUT2D eigenvalue weighted by Crippen LogP contribution is -2.46. The Hall–Kier alpha value is -2.88. The molecule has 0 spiro atoms. The van der Waals surface area contributed by atoms with Gasteiger partial charge in [0.15, 0.2) is 6.54 Å². The van der Waals surface area contributed by atoms with Crippen LogP contribution in [-0.2, 0) is 13.6 Å². The van der Waals surface area contributed by atoms with Crippen LogP contribution in [0.3, 0.4) is 0 Å². The number of nitriles is 1. The van der Waals surface area contributed by atoms with Crippen molar-refractivity contribution in [2.75, 3.05) is 0 Å². The molecule has 0 fully saturated rings. The molecule has 0 atom stereocenters. The van der Waals surface area contributed by atoms with Gasteiger partial charge in [0.1, 0.15) is 13.1 Å². The second kappa shape index (κ2) is 5.18. The van der Waals surface area contributed by atoms with Crippen molar-refractivity contribution >= 4 is 11.6 Å². The number of aliphatic imine (C=N–C) groups is 1. The van der Waals surface area contributed by atoms with Gasteiger partial charge in [-0.15, -0.1) is 9.36 Å². The van der Waals surface area contributed by atoms with Gasteiger partial charge in [0.2, 0.25) is 5.69 Å². The molecule has 1 heterocycles. The Balaban J connectivity index is 2.50. The van der Waals surface area contributed by atoms with Crippen molar-refractivity contribution in [2.24, 2.45) is 12.0 Å². The molecular formula is C12H11N5O2. The third kappa shape index (κ3) is 2.52. The summed E-state index contributed by atoms with van der Waals surface area (Å²) in [4.78, 5) is 15.7. The normalized spacial score (nSPS) is 11.3. The predicted octanol–water partition coefficient (Wildman–Crippen LogP) is -1.04. The SMILES string of the molecule is Cn1[nH][n+](CC#N)c(C([O-])=Nc2ccccc2)c1=O. The summed E-state index contributed by atoms with van der Waals surface area (Å²) in [5, 5.41) is 23.3. The molecule has 19 heavy (non-hydrogen) atoms. The molecule has 7 heteroatoms. The third-order valence-electron chi connectivity index (χ3n) is 2.47. The Kier molecular flexibility index (Phi) is 3.43. The van der Waals surface area contributed by atoms with Crippen LogP contribution in [0.2, 0.25) is 0 Å². The molecule has 0 amide bonds. The molecule has 2 aromatic rings. The number of aromatic nitrogens is 3. The van der Waals surface area contributed by atoms with E-state index in [0.717, 1.165) is 4.68 Å². The minimum atomic E-state index is -0.678. The fourth-order valence-corrected chi connectivity index (χ4v) is 1.62.